The number of nitrogens with one attached hydrogen (secondary N) is 1. The maximum atomic E-state index is 13.0. The maximum Gasteiger partial charge on any atom is 0.255 e. The molecule has 0 fully saturated rings. The molecule has 1 unspecified atom stereocenters. The molecule has 0 spiro atoms. The number of benzene rings is 2. The van der Waals surface area contributed by atoms with Crippen molar-refractivity contribution < 1.29 is 14.3 Å². The van der Waals surface area contributed by atoms with E-state index in [1.807, 2.05) is 6.07 Å². The molecule has 0 aromatic heterocycles. The number of nitrogens with two attached hydrogens (primary N) is 2. The highest BCUT2D eigenvalue weighted by Crippen LogP contribution is 2.37. The minimum Gasteiger partial charge on any atom is -0.492 e. The number of hydrazine groups is 1. The quantitative estimate of drug-likeness (QED) is 0.260. The van der Waals surface area contributed by atoms with Crippen molar-refractivity contribution in [3.05, 3.63) is 64.2 Å². The third kappa shape index (κ3) is 5.92. The molecule has 9 heteroatoms. The molecule has 0 aliphatic carbocycles. The molecule has 7 nitrogen and oxygen atoms in total. The number of hydrogen-bond donors (Lipinski definition) is 4. The summed E-state index contributed by atoms with van der Waals surface area (Å²) in [5, 5.41) is 5.10. The first kappa shape index (κ1) is 23.4. The number of amides is 2. The Morgan fingerprint density at radius 1 is 1.26 bits per heavy atom. The average molecular weight is 463 g/mol. The Kier molecular flexibility index (Phi) is 8.20. The molecule has 2 aromatic rings. The van der Waals surface area contributed by atoms with E-state index in [1.165, 1.54) is 0 Å². The van der Waals surface area contributed by atoms with Crippen molar-refractivity contribution in [3.63, 3.8) is 0 Å². The zero-order chi connectivity index (χ0) is 22.4. The first-order valence-electron chi connectivity index (χ1n) is 10.1. The summed E-state index contributed by atoms with van der Waals surface area (Å²) in [6.07, 6.45) is 1.84. The topological polar surface area (TPSA) is 111 Å². The second-order valence-corrected chi connectivity index (χ2v) is 8.33. The molecule has 1 heterocycles. The van der Waals surface area contributed by atoms with Crippen LogP contribution in [0.1, 0.15) is 40.4 Å². The number of ether oxygens (including phenoxy) is 1. The van der Waals surface area contributed by atoms with Crippen LogP contribution in [0.25, 0.3) is 0 Å². The van der Waals surface area contributed by atoms with Gasteiger partial charge in [0, 0.05) is 30.0 Å². The number of hydrogen-bond acceptors (Lipinski definition) is 6. The van der Waals surface area contributed by atoms with E-state index in [0.717, 1.165) is 29.7 Å². The number of halogens is 1. The first-order chi connectivity index (χ1) is 14.9. The number of para-hydroxylation sites is 1. The van der Waals surface area contributed by atoms with Crippen LogP contribution in [0.4, 0.5) is 0 Å². The third-order valence-corrected chi connectivity index (χ3v) is 5.83. The highest BCUT2D eigenvalue weighted by molar-refractivity contribution is 7.80. The summed E-state index contributed by atoms with van der Waals surface area (Å²) in [5.74, 6) is 6.46. The Labute approximate surface area is 192 Å². The van der Waals surface area contributed by atoms with Crippen LogP contribution in [0.5, 0.6) is 5.75 Å². The van der Waals surface area contributed by atoms with Crippen molar-refractivity contribution in [2.75, 3.05) is 18.9 Å². The number of thiol groups is 1. The van der Waals surface area contributed by atoms with Crippen LogP contribution in [0.15, 0.2) is 42.5 Å². The largest absolute Gasteiger partial charge is 0.492 e. The van der Waals surface area contributed by atoms with E-state index in [0.29, 0.717) is 29.5 Å². The molecule has 2 amide bonds. The van der Waals surface area contributed by atoms with E-state index in [1.54, 1.807) is 41.4 Å². The van der Waals surface area contributed by atoms with E-state index in [-0.39, 0.29) is 12.5 Å². The molecular formula is C22H27ClN4O3S. The average Bonchev–Trinajstić information content (AvgIpc) is 2.77. The standard InChI is InChI=1S/C22H27ClN4O3S/c23-15-7-5-14(6-8-15)13-18(21(24)28)26-22(29)17-4-1-3-16-19(9-11-30-20(16)17)27(25)10-2-12-31/h1,3-8,18-19,31H,2,9-13,25H2,(H2,24,28)(H,26,29)/t18-,19?/m1/s1. The molecule has 31 heavy (non-hydrogen) atoms. The number of fused-ring (bicyclic) bond motifs is 1. The minimum absolute atomic E-state index is 0.0580. The van der Waals surface area contributed by atoms with Gasteiger partial charge in [-0.1, -0.05) is 35.9 Å². The third-order valence-electron chi connectivity index (χ3n) is 5.26. The van der Waals surface area contributed by atoms with Gasteiger partial charge in [-0.2, -0.15) is 12.6 Å². The molecule has 0 radical (unpaired) electrons. The molecule has 2 aromatic carbocycles. The second-order valence-electron chi connectivity index (χ2n) is 7.45. The van der Waals surface area contributed by atoms with Crippen molar-refractivity contribution in [2.45, 2.75) is 31.3 Å². The summed E-state index contributed by atoms with van der Waals surface area (Å²) >= 11 is 10.2. The smallest absolute Gasteiger partial charge is 0.255 e. The van der Waals surface area contributed by atoms with Crippen LogP contribution in [0.2, 0.25) is 5.02 Å². The molecule has 0 bridgehead atoms. The molecule has 5 N–H and O–H groups in total. The van der Waals surface area contributed by atoms with Gasteiger partial charge in [-0.3, -0.25) is 15.4 Å². The molecule has 0 saturated carbocycles. The van der Waals surface area contributed by atoms with Gasteiger partial charge >= 0.3 is 0 Å². The van der Waals surface area contributed by atoms with Crippen molar-refractivity contribution >= 4 is 36.0 Å². The number of carbonyl (C=O) groups excluding carboxylic acids is 2. The van der Waals surface area contributed by atoms with Gasteiger partial charge in [-0.05, 0) is 35.9 Å². The van der Waals surface area contributed by atoms with Crippen molar-refractivity contribution in [1.82, 2.24) is 10.3 Å². The zero-order valence-corrected chi connectivity index (χ0v) is 18.7. The van der Waals surface area contributed by atoms with Crippen LogP contribution < -0.4 is 21.6 Å². The van der Waals surface area contributed by atoms with Crippen LogP contribution in [-0.2, 0) is 11.2 Å². The van der Waals surface area contributed by atoms with Crippen molar-refractivity contribution in [1.29, 1.82) is 0 Å². The Morgan fingerprint density at radius 3 is 2.68 bits per heavy atom. The summed E-state index contributed by atoms with van der Waals surface area (Å²) in [4.78, 5) is 25.0. The molecule has 0 saturated heterocycles. The molecule has 3 rings (SSSR count). The lowest BCUT2D eigenvalue weighted by atomic mass is 9.96. The van der Waals surface area contributed by atoms with Crippen LogP contribution in [0.3, 0.4) is 0 Å². The molecule has 1 aliphatic heterocycles. The Morgan fingerprint density at radius 2 is 2.00 bits per heavy atom. The normalized spacial score (nSPS) is 16.3. The molecule has 2 atom stereocenters. The lowest BCUT2D eigenvalue weighted by Gasteiger charge is -2.33. The fraction of sp³-hybridized carbons (Fsp3) is 0.364. The summed E-state index contributed by atoms with van der Waals surface area (Å²) in [7, 11) is 0. The number of nitrogens with zero attached hydrogens (tertiary/aromatic N) is 1. The van der Waals surface area contributed by atoms with Crippen LogP contribution >= 0.6 is 24.2 Å². The van der Waals surface area contributed by atoms with E-state index in [4.69, 9.17) is 27.9 Å². The van der Waals surface area contributed by atoms with Gasteiger partial charge in [-0.25, -0.2) is 5.01 Å². The fourth-order valence-corrected chi connectivity index (χ4v) is 3.92. The minimum atomic E-state index is -0.870. The highest BCUT2D eigenvalue weighted by Gasteiger charge is 2.30. The predicted octanol–water partition coefficient (Wildman–Crippen LogP) is 2.49. The van der Waals surface area contributed by atoms with Gasteiger partial charge in [0.15, 0.2) is 0 Å². The van der Waals surface area contributed by atoms with E-state index in [2.05, 4.69) is 17.9 Å². The maximum absolute atomic E-state index is 13.0. The number of primary amides is 1. The highest BCUT2D eigenvalue weighted by atomic mass is 35.5. The lowest BCUT2D eigenvalue weighted by molar-refractivity contribution is -0.119. The van der Waals surface area contributed by atoms with Crippen LogP contribution in [0, 0.1) is 0 Å². The zero-order valence-electron chi connectivity index (χ0n) is 17.1. The molecule has 1 aliphatic rings. The fourth-order valence-electron chi connectivity index (χ4n) is 3.65. The van der Waals surface area contributed by atoms with E-state index >= 15 is 0 Å². The second kappa shape index (κ2) is 10.9. The Hall–Kier alpha value is -2.26. The van der Waals surface area contributed by atoms with Crippen molar-refractivity contribution in [3.8, 4) is 5.75 Å². The van der Waals surface area contributed by atoms with Gasteiger partial charge < -0.3 is 15.8 Å². The van der Waals surface area contributed by atoms with Gasteiger partial charge in [0.05, 0.1) is 18.2 Å². The van der Waals surface area contributed by atoms with Gasteiger partial charge in [0.25, 0.3) is 5.91 Å². The lowest BCUT2D eigenvalue weighted by Crippen LogP contribution is -2.46. The molecule has 166 valence electrons. The van der Waals surface area contributed by atoms with Crippen LogP contribution in [-0.4, -0.2) is 41.8 Å². The Balaban J connectivity index is 1.79. The number of rotatable bonds is 9. The Bertz CT molecular complexity index is 925. The van der Waals surface area contributed by atoms with E-state index in [9.17, 15) is 9.59 Å². The summed E-state index contributed by atoms with van der Waals surface area (Å²) in [6.45, 7) is 1.13. The number of carbonyl (C=O) groups is 2. The van der Waals surface area contributed by atoms with Gasteiger partial charge in [0.2, 0.25) is 5.91 Å². The van der Waals surface area contributed by atoms with Gasteiger partial charge in [-0.15, -0.1) is 0 Å². The SMILES string of the molecule is NC(=O)[C@@H](Cc1ccc(Cl)cc1)NC(=O)c1cccc2c1OCCC2N(N)CCCS. The monoisotopic (exact) mass is 462 g/mol. The predicted molar refractivity (Wildman–Crippen MR) is 124 cm³/mol. The summed E-state index contributed by atoms with van der Waals surface area (Å²) in [5.41, 5.74) is 7.59. The first-order valence-corrected chi connectivity index (χ1v) is 11.1. The molecular weight excluding hydrogens is 436 g/mol. The van der Waals surface area contributed by atoms with E-state index < -0.39 is 17.9 Å². The van der Waals surface area contributed by atoms with Crippen molar-refractivity contribution in [2.24, 2.45) is 11.6 Å². The van der Waals surface area contributed by atoms with Gasteiger partial charge in [0.1, 0.15) is 11.8 Å². The summed E-state index contributed by atoms with van der Waals surface area (Å²) < 4.78 is 5.85. The summed E-state index contributed by atoms with van der Waals surface area (Å²) in [6, 6.07) is 11.5.